The molecule has 0 saturated heterocycles. The van der Waals surface area contributed by atoms with E-state index in [4.69, 9.17) is 0 Å². The summed E-state index contributed by atoms with van der Waals surface area (Å²) in [7, 11) is 4.43. The van der Waals surface area contributed by atoms with Gasteiger partial charge in [0.05, 0.1) is 0 Å². The summed E-state index contributed by atoms with van der Waals surface area (Å²) in [6.07, 6.45) is 4.00. The van der Waals surface area contributed by atoms with E-state index in [1.54, 1.807) is 0 Å². The van der Waals surface area contributed by atoms with E-state index in [1.165, 1.54) is 19.3 Å². The maximum absolute atomic E-state index is 2.41. The third-order valence-corrected chi connectivity index (χ3v) is 3.90. The lowest BCUT2D eigenvalue weighted by Crippen LogP contribution is -2.34. The van der Waals surface area contributed by atoms with Gasteiger partial charge in [-0.2, -0.15) is 0 Å². The smallest absolute Gasteiger partial charge is 0.0260 e. The number of nitrogens with zero attached hydrogens (tertiary/aromatic N) is 1. The van der Waals surface area contributed by atoms with Crippen LogP contribution in [0.3, 0.4) is 0 Å². The Hall–Kier alpha value is -0.0400. The average molecular weight is 155 g/mol. The second-order valence-corrected chi connectivity index (χ2v) is 4.37. The zero-order chi connectivity index (χ0) is 8.70. The molecule has 0 spiro atoms. The van der Waals surface area contributed by atoms with Crippen LogP contribution in [0, 0.1) is 5.41 Å². The molecular formula is C10H21N. The van der Waals surface area contributed by atoms with Gasteiger partial charge in [0.1, 0.15) is 0 Å². The number of hydrogen-bond acceptors (Lipinski definition) is 1. The van der Waals surface area contributed by atoms with Crippen LogP contribution in [-0.2, 0) is 0 Å². The Bertz CT molecular complexity index is 153. The average Bonchev–Trinajstić information content (AvgIpc) is 2.59. The Morgan fingerprint density at radius 1 is 1.18 bits per heavy atom. The lowest BCUT2D eigenvalue weighted by molar-refractivity contribution is 0.203. The molecule has 0 bridgehead atoms. The fourth-order valence-electron chi connectivity index (χ4n) is 2.62. The molecule has 1 rings (SSSR count). The molecule has 0 aliphatic heterocycles. The van der Waals surface area contributed by atoms with E-state index in [-0.39, 0.29) is 0 Å². The van der Waals surface area contributed by atoms with Crippen molar-refractivity contribution in [3.8, 4) is 0 Å². The summed E-state index contributed by atoms with van der Waals surface area (Å²) >= 11 is 0. The summed E-state index contributed by atoms with van der Waals surface area (Å²) in [5.41, 5.74) is 1.13. The third-order valence-electron chi connectivity index (χ3n) is 3.90. The molecule has 1 heteroatoms. The molecule has 0 N–H and O–H groups in total. The summed E-state index contributed by atoms with van der Waals surface area (Å²) in [5.74, 6) is 0. The lowest BCUT2D eigenvalue weighted by atomic mass is 9.96. The summed E-state index contributed by atoms with van der Waals surface area (Å²) in [5, 5.41) is 0. The van der Waals surface area contributed by atoms with Crippen molar-refractivity contribution in [2.45, 2.75) is 45.6 Å². The van der Waals surface area contributed by atoms with Crippen molar-refractivity contribution in [2.75, 3.05) is 14.1 Å². The molecule has 0 aromatic rings. The molecule has 1 fully saturated rings. The van der Waals surface area contributed by atoms with Crippen molar-refractivity contribution in [3.63, 3.8) is 0 Å². The zero-order valence-electron chi connectivity index (χ0n) is 8.57. The molecule has 0 aromatic carbocycles. The fourth-order valence-corrected chi connectivity index (χ4v) is 2.62. The molecule has 66 valence electrons. The van der Waals surface area contributed by atoms with Gasteiger partial charge in [0.15, 0.2) is 0 Å². The first-order valence-electron chi connectivity index (χ1n) is 4.70. The Labute approximate surface area is 70.8 Å². The van der Waals surface area contributed by atoms with Gasteiger partial charge in [-0.1, -0.05) is 20.8 Å². The zero-order valence-corrected chi connectivity index (χ0v) is 8.57. The van der Waals surface area contributed by atoms with E-state index >= 15 is 0 Å². The maximum Gasteiger partial charge on any atom is 0.0260 e. The predicted octanol–water partition coefficient (Wildman–Crippen LogP) is 2.52. The van der Waals surface area contributed by atoms with Crippen LogP contribution in [0.2, 0.25) is 0 Å². The molecule has 0 heterocycles. The minimum atomic E-state index is 0.530. The quantitative estimate of drug-likeness (QED) is 0.605. The van der Waals surface area contributed by atoms with Crippen LogP contribution in [0.15, 0.2) is 0 Å². The second-order valence-electron chi connectivity index (χ2n) is 4.37. The summed E-state index contributed by atoms with van der Waals surface area (Å²) in [6.45, 7) is 7.03. The normalized spacial score (nSPS) is 43.1. The highest BCUT2D eigenvalue weighted by Gasteiger charge is 2.62. The van der Waals surface area contributed by atoms with E-state index in [1.807, 2.05) is 0 Å². The standard InChI is InChI=1S/C10H21N/c1-6-9(3)8-10(9,7-2)11(4)5/h6-8H2,1-5H3. The van der Waals surface area contributed by atoms with Crippen LogP contribution in [0.1, 0.15) is 40.0 Å². The van der Waals surface area contributed by atoms with E-state index in [9.17, 15) is 0 Å². The van der Waals surface area contributed by atoms with Crippen LogP contribution < -0.4 is 0 Å². The minimum absolute atomic E-state index is 0.530. The van der Waals surface area contributed by atoms with Crippen molar-refractivity contribution in [1.82, 2.24) is 4.90 Å². The van der Waals surface area contributed by atoms with Gasteiger partial charge in [0.25, 0.3) is 0 Å². The molecule has 11 heavy (non-hydrogen) atoms. The topological polar surface area (TPSA) is 3.24 Å². The van der Waals surface area contributed by atoms with Crippen LogP contribution in [-0.4, -0.2) is 24.5 Å². The van der Waals surface area contributed by atoms with E-state index in [0.29, 0.717) is 11.0 Å². The van der Waals surface area contributed by atoms with Crippen molar-refractivity contribution >= 4 is 0 Å². The van der Waals surface area contributed by atoms with Crippen LogP contribution >= 0.6 is 0 Å². The van der Waals surface area contributed by atoms with Gasteiger partial charge in [0, 0.05) is 5.54 Å². The molecular weight excluding hydrogens is 134 g/mol. The summed E-state index contributed by atoms with van der Waals surface area (Å²) < 4.78 is 0. The van der Waals surface area contributed by atoms with Gasteiger partial charge in [0.2, 0.25) is 0 Å². The first-order valence-corrected chi connectivity index (χ1v) is 4.70. The molecule has 1 nitrogen and oxygen atoms in total. The fraction of sp³-hybridized carbons (Fsp3) is 1.00. The van der Waals surface area contributed by atoms with Crippen LogP contribution in [0.25, 0.3) is 0 Å². The van der Waals surface area contributed by atoms with E-state index in [2.05, 4.69) is 39.8 Å². The van der Waals surface area contributed by atoms with Gasteiger partial charge in [-0.15, -0.1) is 0 Å². The molecule has 2 unspecified atom stereocenters. The molecule has 1 aliphatic carbocycles. The summed E-state index contributed by atoms with van der Waals surface area (Å²) in [6, 6.07) is 0. The highest BCUT2D eigenvalue weighted by Crippen LogP contribution is 2.62. The van der Waals surface area contributed by atoms with Crippen molar-refractivity contribution in [3.05, 3.63) is 0 Å². The highest BCUT2D eigenvalue weighted by molar-refractivity contribution is 5.17. The van der Waals surface area contributed by atoms with E-state index in [0.717, 1.165) is 0 Å². The van der Waals surface area contributed by atoms with Crippen molar-refractivity contribution < 1.29 is 0 Å². The van der Waals surface area contributed by atoms with Gasteiger partial charge >= 0.3 is 0 Å². The van der Waals surface area contributed by atoms with Gasteiger partial charge in [-0.25, -0.2) is 0 Å². The molecule has 1 aliphatic rings. The molecule has 2 atom stereocenters. The third kappa shape index (κ3) is 1.01. The predicted molar refractivity (Wildman–Crippen MR) is 49.7 cm³/mol. The van der Waals surface area contributed by atoms with Crippen molar-refractivity contribution in [1.29, 1.82) is 0 Å². The van der Waals surface area contributed by atoms with E-state index < -0.39 is 0 Å². The Morgan fingerprint density at radius 3 is 1.82 bits per heavy atom. The monoisotopic (exact) mass is 155 g/mol. The molecule has 0 radical (unpaired) electrons. The largest absolute Gasteiger partial charge is 0.303 e. The lowest BCUT2D eigenvalue weighted by Gasteiger charge is -2.28. The Morgan fingerprint density at radius 2 is 1.73 bits per heavy atom. The van der Waals surface area contributed by atoms with Crippen LogP contribution in [0.4, 0.5) is 0 Å². The van der Waals surface area contributed by atoms with Gasteiger partial charge in [-0.3, -0.25) is 0 Å². The maximum atomic E-state index is 2.41. The van der Waals surface area contributed by atoms with Crippen molar-refractivity contribution in [2.24, 2.45) is 5.41 Å². The molecule has 0 aromatic heterocycles. The minimum Gasteiger partial charge on any atom is -0.303 e. The number of rotatable bonds is 3. The Kier molecular flexibility index (Phi) is 2.04. The number of hydrogen-bond donors (Lipinski definition) is 0. The SMILES string of the molecule is CCC1(C)CC1(CC)N(C)C. The summed E-state index contributed by atoms with van der Waals surface area (Å²) in [4.78, 5) is 2.41. The van der Waals surface area contributed by atoms with Gasteiger partial charge < -0.3 is 4.90 Å². The Balaban J connectivity index is 2.70. The van der Waals surface area contributed by atoms with Crippen LogP contribution in [0.5, 0.6) is 0 Å². The molecule has 1 saturated carbocycles. The first kappa shape index (κ1) is 9.05. The van der Waals surface area contributed by atoms with Gasteiger partial charge in [-0.05, 0) is 38.8 Å². The highest BCUT2D eigenvalue weighted by atomic mass is 15.2. The molecule has 0 amide bonds. The first-order chi connectivity index (χ1) is 5.02. The second kappa shape index (κ2) is 2.48.